The van der Waals surface area contributed by atoms with Crippen LogP contribution in [0.4, 0.5) is 5.69 Å². The van der Waals surface area contributed by atoms with Gasteiger partial charge in [0, 0.05) is 12.1 Å². The molecule has 0 bridgehead atoms. The van der Waals surface area contributed by atoms with Gasteiger partial charge in [-0.05, 0) is 41.5 Å². The molecule has 0 heterocycles. The van der Waals surface area contributed by atoms with Crippen LogP contribution in [0.2, 0.25) is 0 Å². The van der Waals surface area contributed by atoms with Gasteiger partial charge >= 0.3 is 0 Å². The van der Waals surface area contributed by atoms with E-state index in [0.717, 1.165) is 18.5 Å². The molecule has 2 rings (SSSR count). The van der Waals surface area contributed by atoms with Gasteiger partial charge < -0.3 is 5.32 Å². The molecule has 1 amide bonds. The first-order valence-electron chi connectivity index (χ1n) is 8.06. The van der Waals surface area contributed by atoms with Crippen molar-refractivity contribution in [3.63, 3.8) is 0 Å². The first-order chi connectivity index (χ1) is 10.6. The number of carbonyl (C=O) groups is 1. The molecule has 0 aliphatic rings. The Bertz CT molecular complexity index is 614. The monoisotopic (exact) mass is 295 g/mol. The van der Waals surface area contributed by atoms with E-state index in [2.05, 4.69) is 56.4 Å². The number of aryl methyl sites for hydroxylation is 2. The predicted molar refractivity (Wildman–Crippen MR) is 93.3 cm³/mol. The van der Waals surface area contributed by atoms with Crippen molar-refractivity contribution in [1.29, 1.82) is 0 Å². The standard InChI is InChI=1S/C20H25NO/c1-4-16-9-11-17(12-10-16)13-14-20(22)21-19-8-6-5-7-18(19)15(2)3/h5-12,15H,4,13-14H2,1-3H3,(H,21,22). The summed E-state index contributed by atoms with van der Waals surface area (Å²) in [7, 11) is 0. The van der Waals surface area contributed by atoms with Crippen LogP contribution >= 0.6 is 0 Å². The van der Waals surface area contributed by atoms with Crippen LogP contribution in [-0.2, 0) is 17.6 Å². The fourth-order valence-electron chi connectivity index (χ4n) is 2.53. The smallest absolute Gasteiger partial charge is 0.224 e. The van der Waals surface area contributed by atoms with Gasteiger partial charge in [0.1, 0.15) is 0 Å². The summed E-state index contributed by atoms with van der Waals surface area (Å²) in [6, 6.07) is 16.5. The maximum absolute atomic E-state index is 12.2. The Hall–Kier alpha value is -2.09. The molecule has 2 aromatic carbocycles. The van der Waals surface area contributed by atoms with Gasteiger partial charge in [-0.15, -0.1) is 0 Å². The summed E-state index contributed by atoms with van der Waals surface area (Å²) in [5.41, 5.74) is 4.66. The molecule has 0 fully saturated rings. The third-order valence-electron chi connectivity index (χ3n) is 3.93. The van der Waals surface area contributed by atoms with E-state index in [1.165, 1.54) is 16.7 Å². The topological polar surface area (TPSA) is 29.1 Å². The average molecular weight is 295 g/mol. The highest BCUT2D eigenvalue weighted by molar-refractivity contribution is 5.91. The minimum absolute atomic E-state index is 0.0765. The molecular formula is C20H25NO. The van der Waals surface area contributed by atoms with E-state index in [9.17, 15) is 4.79 Å². The number of carbonyl (C=O) groups excluding carboxylic acids is 1. The van der Waals surface area contributed by atoms with Gasteiger partial charge in [-0.25, -0.2) is 0 Å². The summed E-state index contributed by atoms with van der Waals surface area (Å²) in [5, 5.41) is 3.05. The number of hydrogen-bond acceptors (Lipinski definition) is 1. The fourth-order valence-corrected chi connectivity index (χ4v) is 2.53. The van der Waals surface area contributed by atoms with Crippen molar-refractivity contribution in [2.75, 3.05) is 5.32 Å². The zero-order valence-electron chi connectivity index (χ0n) is 13.7. The molecule has 0 radical (unpaired) electrons. The van der Waals surface area contributed by atoms with Crippen molar-refractivity contribution in [1.82, 2.24) is 0 Å². The zero-order chi connectivity index (χ0) is 15.9. The van der Waals surface area contributed by atoms with Crippen LogP contribution in [0, 0.1) is 0 Å². The molecule has 0 atom stereocenters. The van der Waals surface area contributed by atoms with Crippen LogP contribution in [-0.4, -0.2) is 5.91 Å². The Morgan fingerprint density at radius 2 is 1.64 bits per heavy atom. The van der Waals surface area contributed by atoms with Crippen LogP contribution in [0.15, 0.2) is 48.5 Å². The van der Waals surface area contributed by atoms with E-state index in [1.54, 1.807) is 0 Å². The molecule has 0 aromatic heterocycles. The number of anilines is 1. The predicted octanol–water partition coefficient (Wildman–Crippen LogP) is 4.94. The average Bonchev–Trinajstić information content (AvgIpc) is 2.53. The third kappa shape index (κ3) is 4.45. The summed E-state index contributed by atoms with van der Waals surface area (Å²) in [6.07, 6.45) is 2.34. The fraction of sp³-hybridized carbons (Fsp3) is 0.350. The maximum Gasteiger partial charge on any atom is 0.224 e. The molecule has 116 valence electrons. The summed E-state index contributed by atoms with van der Waals surface area (Å²) in [5.74, 6) is 0.478. The van der Waals surface area contributed by atoms with E-state index in [4.69, 9.17) is 0 Å². The number of nitrogens with one attached hydrogen (secondary N) is 1. The van der Waals surface area contributed by atoms with Gasteiger partial charge in [0.25, 0.3) is 0 Å². The van der Waals surface area contributed by atoms with Gasteiger partial charge in [-0.1, -0.05) is 63.2 Å². The SMILES string of the molecule is CCc1ccc(CCC(=O)Nc2ccccc2C(C)C)cc1. The number of benzene rings is 2. The molecule has 0 saturated heterocycles. The van der Waals surface area contributed by atoms with Crippen molar-refractivity contribution < 1.29 is 4.79 Å². The normalized spacial score (nSPS) is 10.7. The Morgan fingerprint density at radius 1 is 1.00 bits per heavy atom. The van der Waals surface area contributed by atoms with E-state index in [1.807, 2.05) is 18.2 Å². The largest absolute Gasteiger partial charge is 0.326 e. The maximum atomic E-state index is 12.2. The summed E-state index contributed by atoms with van der Waals surface area (Å²) < 4.78 is 0. The first kappa shape index (κ1) is 16.3. The lowest BCUT2D eigenvalue weighted by Gasteiger charge is -2.13. The molecule has 0 aliphatic carbocycles. The summed E-state index contributed by atoms with van der Waals surface area (Å²) in [6.45, 7) is 6.43. The van der Waals surface area contributed by atoms with E-state index >= 15 is 0 Å². The Kier molecular flexibility index (Phi) is 5.76. The summed E-state index contributed by atoms with van der Waals surface area (Å²) >= 11 is 0. The quantitative estimate of drug-likeness (QED) is 0.803. The minimum Gasteiger partial charge on any atom is -0.326 e. The number of rotatable bonds is 6. The molecule has 2 nitrogen and oxygen atoms in total. The van der Waals surface area contributed by atoms with Crippen LogP contribution in [0.25, 0.3) is 0 Å². The number of hydrogen-bond donors (Lipinski definition) is 1. The number of amides is 1. The third-order valence-corrected chi connectivity index (χ3v) is 3.93. The molecule has 2 aromatic rings. The van der Waals surface area contributed by atoms with Crippen LogP contribution in [0.3, 0.4) is 0 Å². The second-order valence-corrected chi connectivity index (χ2v) is 5.96. The minimum atomic E-state index is 0.0765. The highest BCUT2D eigenvalue weighted by Crippen LogP contribution is 2.23. The van der Waals surface area contributed by atoms with Crippen LogP contribution < -0.4 is 5.32 Å². The highest BCUT2D eigenvalue weighted by atomic mass is 16.1. The molecule has 22 heavy (non-hydrogen) atoms. The van der Waals surface area contributed by atoms with Crippen LogP contribution in [0.5, 0.6) is 0 Å². The van der Waals surface area contributed by atoms with E-state index in [0.29, 0.717) is 12.3 Å². The van der Waals surface area contributed by atoms with Gasteiger partial charge in [-0.2, -0.15) is 0 Å². The Morgan fingerprint density at radius 3 is 2.27 bits per heavy atom. The van der Waals surface area contributed by atoms with Crippen molar-refractivity contribution >= 4 is 11.6 Å². The molecular weight excluding hydrogens is 270 g/mol. The van der Waals surface area contributed by atoms with E-state index in [-0.39, 0.29) is 5.91 Å². The molecule has 1 N–H and O–H groups in total. The molecule has 0 spiro atoms. The van der Waals surface area contributed by atoms with Gasteiger partial charge in [-0.3, -0.25) is 4.79 Å². The Balaban J connectivity index is 1.93. The van der Waals surface area contributed by atoms with Gasteiger partial charge in [0.05, 0.1) is 0 Å². The Labute approximate surface area is 133 Å². The van der Waals surface area contributed by atoms with Crippen molar-refractivity contribution in [2.24, 2.45) is 0 Å². The lowest BCUT2D eigenvalue weighted by atomic mass is 10.0. The molecule has 2 heteroatoms. The number of para-hydroxylation sites is 1. The molecule has 0 saturated carbocycles. The van der Waals surface area contributed by atoms with E-state index < -0.39 is 0 Å². The van der Waals surface area contributed by atoms with Crippen LogP contribution in [0.1, 0.15) is 49.8 Å². The summed E-state index contributed by atoms with van der Waals surface area (Å²) in [4.78, 5) is 12.2. The van der Waals surface area contributed by atoms with Crippen molar-refractivity contribution in [3.8, 4) is 0 Å². The second kappa shape index (κ2) is 7.79. The lowest BCUT2D eigenvalue weighted by molar-refractivity contribution is -0.116. The first-order valence-corrected chi connectivity index (χ1v) is 8.06. The van der Waals surface area contributed by atoms with Gasteiger partial charge in [0.15, 0.2) is 0 Å². The molecule has 0 unspecified atom stereocenters. The van der Waals surface area contributed by atoms with Gasteiger partial charge in [0.2, 0.25) is 5.91 Å². The lowest BCUT2D eigenvalue weighted by Crippen LogP contribution is -2.14. The zero-order valence-corrected chi connectivity index (χ0v) is 13.7. The van der Waals surface area contributed by atoms with Crippen molar-refractivity contribution in [2.45, 2.75) is 46.0 Å². The highest BCUT2D eigenvalue weighted by Gasteiger charge is 2.09. The second-order valence-electron chi connectivity index (χ2n) is 5.96. The van der Waals surface area contributed by atoms with Crippen molar-refractivity contribution in [3.05, 3.63) is 65.2 Å². The molecule has 0 aliphatic heterocycles.